The van der Waals surface area contributed by atoms with Crippen LogP contribution in [0.25, 0.3) is 0 Å². The molecule has 116 valence electrons. The lowest BCUT2D eigenvalue weighted by atomic mass is 10.1. The fourth-order valence-corrected chi connectivity index (χ4v) is 1.46. The molecule has 0 amide bonds. The predicted octanol–water partition coefficient (Wildman–Crippen LogP) is 3.62. The Bertz CT molecular complexity index is 299. The van der Waals surface area contributed by atoms with Gasteiger partial charge < -0.3 is 14.2 Å². The van der Waals surface area contributed by atoms with Gasteiger partial charge in [-0.25, -0.2) is 9.59 Å². The molecule has 5 nitrogen and oxygen atoms in total. The second-order valence-corrected chi connectivity index (χ2v) is 4.63. The zero-order valence-electron chi connectivity index (χ0n) is 12.6. The van der Waals surface area contributed by atoms with Gasteiger partial charge in [0.15, 0.2) is 0 Å². The summed E-state index contributed by atoms with van der Waals surface area (Å²) in [4.78, 5) is 22.2. The molecule has 0 aromatic heterocycles. The van der Waals surface area contributed by atoms with Gasteiger partial charge in [-0.2, -0.15) is 0 Å². The van der Waals surface area contributed by atoms with Crippen molar-refractivity contribution in [1.29, 1.82) is 0 Å². The smallest absolute Gasteiger partial charge is 0.459 e. The largest absolute Gasteiger partial charge is 0.508 e. The fourth-order valence-electron chi connectivity index (χ4n) is 1.46. The fraction of sp³-hybridized carbons (Fsp3) is 0.733. The van der Waals surface area contributed by atoms with Crippen LogP contribution in [0, 0.1) is 0 Å². The van der Waals surface area contributed by atoms with Gasteiger partial charge >= 0.3 is 12.1 Å². The highest BCUT2D eigenvalue weighted by atomic mass is 16.7. The van der Waals surface area contributed by atoms with Crippen molar-refractivity contribution in [2.75, 3.05) is 19.8 Å². The second-order valence-electron chi connectivity index (χ2n) is 4.63. The first-order chi connectivity index (χ1) is 9.57. The Kier molecular flexibility index (Phi) is 11.6. The number of carbonyl (C=O) groups is 2. The van der Waals surface area contributed by atoms with Gasteiger partial charge in [-0.05, 0) is 13.3 Å². The van der Waals surface area contributed by atoms with Crippen molar-refractivity contribution in [1.82, 2.24) is 0 Å². The molecule has 0 rings (SSSR count). The van der Waals surface area contributed by atoms with Gasteiger partial charge in [0.05, 0.1) is 6.61 Å². The molecule has 0 aliphatic rings. The Labute approximate surface area is 121 Å². The summed E-state index contributed by atoms with van der Waals surface area (Å²) >= 11 is 0. The molecule has 0 radical (unpaired) electrons. The number of hydrogen-bond donors (Lipinski definition) is 0. The van der Waals surface area contributed by atoms with Crippen molar-refractivity contribution in [3.63, 3.8) is 0 Å². The summed E-state index contributed by atoms with van der Waals surface area (Å²) in [6, 6.07) is 0. The molecule has 0 fully saturated rings. The van der Waals surface area contributed by atoms with Crippen molar-refractivity contribution in [2.24, 2.45) is 0 Å². The van der Waals surface area contributed by atoms with Gasteiger partial charge in [0.25, 0.3) is 0 Å². The Morgan fingerprint density at radius 3 is 2.05 bits per heavy atom. The van der Waals surface area contributed by atoms with Crippen LogP contribution < -0.4 is 0 Å². The molecule has 0 aliphatic carbocycles. The highest BCUT2D eigenvalue weighted by Gasteiger charge is 2.06. The zero-order valence-corrected chi connectivity index (χ0v) is 12.6. The lowest BCUT2D eigenvalue weighted by Gasteiger charge is -2.07. The molecule has 0 saturated heterocycles. The Balaban J connectivity index is 3.33. The highest BCUT2D eigenvalue weighted by Crippen LogP contribution is 2.05. The van der Waals surface area contributed by atoms with Crippen LogP contribution in [0.4, 0.5) is 4.79 Å². The highest BCUT2D eigenvalue weighted by molar-refractivity contribution is 5.86. The van der Waals surface area contributed by atoms with Crippen molar-refractivity contribution in [2.45, 2.75) is 52.4 Å². The number of ether oxygens (including phenoxy) is 3. The average Bonchev–Trinajstić information content (AvgIpc) is 2.42. The third-order valence-electron chi connectivity index (χ3n) is 2.60. The third-order valence-corrected chi connectivity index (χ3v) is 2.60. The van der Waals surface area contributed by atoms with E-state index in [-0.39, 0.29) is 13.2 Å². The molecule has 0 saturated carbocycles. The van der Waals surface area contributed by atoms with Crippen LogP contribution in [0.3, 0.4) is 0 Å². The maximum absolute atomic E-state index is 11.2. The monoisotopic (exact) mass is 286 g/mol. The van der Waals surface area contributed by atoms with Crippen LogP contribution >= 0.6 is 0 Å². The number of carbonyl (C=O) groups excluding carboxylic acids is 2. The van der Waals surface area contributed by atoms with Gasteiger partial charge in [-0.1, -0.05) is 45.6 Å². The van der Waals surface area contributed by atoms with E-state index in [0.717, 1.165) is 12.8 Å². The van der Waals surface area contributed by atoms with Crippen LogP contribution in [0.2, 0.25) is 0 Å². The van der Waals surface area contributed by atoms with Crippen molar-refractivity contribution < 1.29 is 23.8 Å². The standard InChI is InChI=1S/C15H26O5/c1-4-5-6-7-8-9-10-19-15(17)20-12-11-18-14(16)13(2)3/h2,4-12H2,1,3H3. The minimum Gasteiger partial charge on any atom is -0.459 e. The van der Waals surface area contributed by atoms with Gasteiger partial charge in [0.2, 0.25) is 0 Å². The number of hydrogen-bond acceptors (Lipinski definition) is 5. The molecule has 5 heteroatoms. The summed E-state index contributed by atoms with van der Waals surface area (Å²) < 4.78 is 14.4. The molecular weight excluding hydrogens is 260 g/mol. The Morgan fingerprint density at radius 2 is 1.40 bits per heavy atom. The van der Waals surface area contributed by atoms with Crippen LogP contribution in [0.5, 0.6) is 0 Å². The minimum absolute atomic E-state index is 0.00560. The normalized spacial score (nSPS) is 9.90. The molecule has 0 heterocycles. The lowest BCUT2D eigenvalue weighted by Crippen LogP contribution is -2.15. The van der Waals surface area contributed by atoms with E-state index in [1.807, 2.05) is 0 Å². The topological polar surface area (TPSA) is 61.8 Å². The molecular formula is C15H26O5. The molecule has 20 heavy (non-hydrogen) atoms. The van der Waals surface area contributed by atoms with Gasteiger partial charge in [-0.15, -0.1) is 0 Å². The van der Waals surface area contributed by atoms with E-state index in [1.54, 1.807) is 6.92 Å². The van der Waals surface area contributed by atoms with Crippen molar-refractivity contribution in [3.8, 4) is 0 Å². The maximum atomic E-state index is 11.2. The molecule has 0 spiro atoms. The molecule has 0 aromatic rings. The summed E-state index contributed by atoms with van der Waals surface area (Å²) in [5.74, 6) is -0.492. The third kappa shape index (κ3) is 11.6. The lowest BCUT2D eigenvalue weighted by molar-refractivity contribution is -0.140. The first-order valence-electron chi connectivity index (χ1n) is 7.20. The molecule has 0 bridgehead atoms. The van der Waals surface area contributed by atoms with Gasteiger partial charge in [-0.3, -0.25) is 0 Å². The van der Waals surface area contributed by atoms with E-state index in [4.69, 9.17) is 14.2 Å². The van der Waals surface area contributed by atoms with Gasteiger partial charge in [0.1, 0.15) is 13.2 Å². The van der Waals surface area contributed by atoms with Crippen LogP contribution in [0.15, 0.2) is 12.2 Å². The van der Waals surface area contributed by atoms with Crippen LogP contribution in [-0.4, -0.2) is 31.9 Å². The average molecular weight is 286 g/mol. The van der Waals surface area contributed by atoms with Crippen LogP contribution in [0.1, 0.15) is 52.4 Å². The first-order valence-corrected chi connectivity index (χ1v) is 7.20. The quantitative estimate of drug-likeness (QED) is 0.330. The molecule has 0 unspecified atom stereocenters. The molecule has 0 atom stereocenters. The van der Waals surface area contributed by atoms with E-state index in [0.29, 0.717) is 12.2 Å². The summed E-state index contributed by atoms with van der Waals surface area (Å²) in [6.07, 6.45) is 6.07. The maximum Gasteiger partial charge on any atom is 0.508 e. The van der Waals surface area contributed by atoms with Crippen LogP contribution in [-0.2, 0) is 19.0 Å². The first kappa shape index (κ1) is 18.5. The summed E-state index contributed by atoms with van der Waals surface area (Å²) in [6.45, 7) is 7.54. The van der Waals surface area contributed by atoms with E-state index in [2.05, 4.69) is 13.5 Å². The molecule has 0 N–H and O–H groups in total. The second kappa shape index (κ2) is 12.5. The number of rotatable bonds is 11. The Hall–Kier alpha value is -1.52. The Morgan fingerprint density at radius 1 is 0.850 bits per heavy atom. The summed E-state index contributed by atoms with van der Waals surface area (Å²) in [5, 5.41) is 0. The minimum atomic E-state index is -0.718. The summed E-state index contributed by atoms with van der Waals surface area (Å²) in [7, 11) is 0. The van der Waals surface area contributed by atoms with E-state index < -0.39 is 12.1 Å². The molecule has 0 aliphatic heterocycles. The van der Waals surface area contributed by atoms with Crippen molar-refractivity contribution in [3.05, 3.63) is 12.2 Å². The predicted molar refractivity (Wildman–Crippen MR) is 76.4 cm³/mol. The summed E-state index contributed by atoms with van der Waals surface area (Å²) in [5.41, 5.74) is 0.315. The van der Waals surface area contributed by atoms with E-state index in [1.165, 1.54) is 25.7 Å². The van der Waals surface area contributed by atoms with Crippen molar-refractivity contribution >= 4 is 12.1 Å². The van der Waals surface area contributed by atoms with E-state index in [9.17, 15) is 9.59 Å². The SMILES string of the molecule is C=C(C)C(=O)OCCOC(=O)OCCCCCCCC. The van der Waals surface area contributed by atoms with E-state index >= 15 is 0 Å². The number of esters is 1. The zero-order chi connectivity index (χ0) is 15.2. The number of unbranched alkanes of at least 4 members (excludes halogenated alkanes) is 5. The van der Waals surface area contributed by atoms with Gasteiger partial charge in [0, 0.05) is 5.57 Å². The molecule has 0 aromatic carbocycles.